The van der Waals surface area contributed by atoms with Crippen molar-refractivity contribution in [3.63, 3.8) is 0 Å². The van der Waals surface area contributed by atoms with Crippen LogP contribution in [-0.2, 0) is 16.1 Å². The van der Waals surface area contributed by atoms with Gasteiger partial charge >= 0.3 is 0 Å². The maximum Gasteiger partial charge on any atom is 0.110 e. The zero-order chi connectivity index (χ0) is 16.1. The molecule has 1 saturated heterocycles. The van der Waals surface area contributed by atoms with Crippen LogP contribution in [0.15, 0.2) is 65.6 Å². The molecule has 0 amide bonds. The summed E-state index contributed by atoms with van der Waals surface area (Å²) < 4.78 is 11.9. The minimum atomic E-state index is -0.591. The summed E-state index contributed by atoms with van der Waals surface area (Å²) in [4.78, 5) is 1.17. The van der Waals surface area contributed by atoms with Gasteiger partial charge in [-0.1, -0.05) is 60.3 Å². The quantitative estimate of drug-likeness (QED) is 0.903. The van der Waals surface area contributed by atoms with Crippen LogP contribution in [0, 0.1) is 0 Å². The van der Waals surface area contributed by atoms with E-state index < -0.39 is 6.10 Å². The first-order chi connectivity index (χ1) is 11.2. The largest absolute Gasteiger partial charge is 0.388 e. The van der Waals surface area contributed by atoms with Gasteiger partial charge < -0.3 is 14.6 Å². The highest BCUT2D eigenvalue weighted by Crippen LogP contribution is 2.34. The van der Waals surface area contributed by atoms with Crippen LogP contribution in [0.5, 0.6) is 0 Å². The first-order valence-corrected chi connectivity index (χ1v) is 8.81. The highest BCUT2D eigenvalue weighted by Gasteiger charge is 2.36. The monoisotopic (exact) mass is 330 g/mol. The third-order valence-corrected chi connectivity index (χ3v) is 5.08. The van der Waals surface area contributed by atoms with E-state index in [4.69, 9.17) is 9.47 Å². The molecule has 122 valence electrons. The Labute approximate surface area is 141 Å². The van der Waals surface area contributed by atoms with Crippen LogP contribution in [0.1, 0.15) is 18.9 Å². The van der Waals surface area contributed by atoms with Gasteiger partial charge in [0, 0.05) is 11.3 Å². The fourth-order valence-electron chi connectivity index (χ4n) is 2.68. The summed E-state index contributed by atoms with van der Waals surface area (Å²) in [5, 5.41) is 10.3. The lowest BCUT2D eigenvalue weighted by Crippen LogP contribution is -2.47. The Kier molecular flexibility index (Phi) is 5.73. The number of rotatable bonds is 5. The summed E-state index contributed by atoms with van der Waals surface area (Å²) in [6.45, 7) is 2.42. The van der Waals surface area contributed by atoms with E-state index in [1.165, 1.54) is 4.90 Å². The molecular weight excluding hydrogens is 308 g/mol. The van der Waals surface area contributed by atoms with E-state index in [0.717, 1.165) is 5.56 Å². The van der Waals surface area contributed by atoms with Gasteiger partial charge in [-0.3, -0.25) is 0 Å². The second kappa shape index (κ2) is 7.97. The van der Waals surface area contributed by atoms with E-state index in [-0.39, 0.29) is 17.6 Å². The Hall–Kier alpha value is -1.33. The molecule has 4 heteroatoms. The molecule has 1 aliphatic heterocycles. The van der Waals surface area contributed by atoms with E-state index >= 15 is 0 Å². The first-order valence-electron chi connectivity index (χ1n) is 7.93. The SMILES string of the molecule is C[C@@H]1O[C@@H](Sc2ccccc2)C[C@H](OCc2ccccc2)[C@@H]1O. The van der Waals surface area contributed by atoms with E-state index in [2.05, 4.69) is 12.1 Å². The Morgan fingerprint density at radius 1 is 1.09 bits per heavy atom. The Morgan fingerprint density at radius 3 is 2.43 bits per heavy atom. The van der Waals surface area contributed by atoms with Gasteiger partial charge in [0.25, 0.3) is 0 Å². The maximum absolute atomic E-state index is 10.3. The molecule has 3 nitrogen and oxygen atoms in total. The number of benzene rings is 2. The van der Waals surface area contributed by atoms with Gasteiger partial charge in [-0.2, -0.15) is 0 Å². The highest BCUT2D eigenvalue weighted by molar-refractivity contribution is 7.99. The van der Waals surface area contributed by atoms with Crippen LogP contribution in [0.25, 0.3) is 0 Å². The molecule has 2 aromatic carbocycles. The van der Waals surface area contributed by atoms with Crippen molar-refractivity contribution in [3.05, 3.63) is 66.2 Å². The molecule has 23 heavy (non-hydrogen) atoms. The molecule has 0 unspecified atom stereocenters. The van der Waals surface area contributed by atoms with Crippen molar-refractivity contribution < 1.29 is 14.6 Å². The van der Waals surface area contributed by atoms with Crippen LogP contribution in [0.3, 0.4) is 0 Å². The molecule has 1 heterocycles. The molecule has 1 aliphatic rings. The molecule has 0 spiro atoms. The zero-order valence-electron chi connectivity index (χ0n) is 13.2. The van der Waals surface area contributed by atoms with Crippen molar-refractivity contribution in [3.8, 4) is 0 Å². The molecule has 4 atom stereocenters. The lowest BCUT2D eigenvalue weighted by Gasteiger charge is -2.37. The van der Waals surface area contributed by atoms with E-state index in [9.17, 15) is 5.11 Å². The molecule has 3 rings (SSSR count). The van der Waals surface area contributed by atoms with Gasteiger partial charge in [0.1, 0.15) is 11.5 Å². The molecule has 1 fully saturated rings. The fourth-order valence-corrected chi connectivity index (χ4v) is 3.81. The van der Waals surface area contributed by atoms with Gasteiger partial charge in [0.2, 0.25) is 0 Å². The third-order valence-electron chi connectivity index (χ3n) is 3.97. The highest BCUT2D eigenvalue weighted by atomic mass is 32.2. The van der Waals surface area contributed by atoms with Crippen LogP contribution < -0.4 is 0 Å². The average molecular weight is 330 g/mol. The summed E-state index contributed by atoms with van der Waals surface area (Å²) in [6.07, 6.45) is -0.352. The smallest absolute Gasteiger partial charge is 0.110 e. The van der Waals surface area contributed by atoms with E-state index in [0.29, 0.717) is 13.0 Å². The lowest BCUT2D eigenvalue weighted by atomic mass is 10.0. The van der Waals surface area contributed by atoms with Crippen LogP contribution >= 0.6 is 11.8 Å². The number of hydrogen-bond acceptors (Lipinski definition) is 4. The van der Waals surface area contributed by atoms with E-state index in [1.54, 1.807) is 11.8 Å². The van der Waals surface area contributed by atoms with E-state index in [1.807, 2.05) is 55.5 Å². The molecule has 1 N–H and O–H groups in total. The number of aliphatic hydroxyl groups excluding tert-OH is 1. The zero-order valence-corrected chi connectivity index (χ0v) is 14.0. The summed E-state index contributed by atoms with van der Waals surface area (Å²) in [6, 6.07) is 20.2. The van der Waals surface area contributed by atoms with Gasteiger partial charge in [-0.05, 0) is 24.6 Å². The van der Waals surface area contributed by atoms with Crippen LogP contribution in [0.2, 0.25) is 0 Å². The molecule has 0 radical (unpaired) electrons. The minimum absolute atomic E-state index is 0.00317. The molecule has 0 aromatic heterocycles. The number of thioether (sulfide) groups is 1. The summed E-state index contributed by atoms with van der Waals surface area (Å²) in [5.41, 5.74) is 1.11. The number of aliphatic hydroxyl groups is 1. The molecular formula is C19H22O3S. The third kappa shape index (κ3) is 4.58. The Balaban J connectivity index is 1.60. The fraction of sp³-hybridized carbons (Fsp3) is 0.368. The van der Waals surface area contributed by atoms with Crippen LogP contribution in [-0.4, -0.2) is 28.9 Å². The minimum Gasteiger partial charge on any atom is -0.388 e. The predicted molar refractivity (Wildman–Crippen MR) is 92.3 cm³/mol. The van der Waals surface area contributed by atoms with Crippen molar-refractivity contribution >= 4 is 11.8 Å². The molecule has 0 aliphatic carbocycles. The topological polar surface area (TPSA) is 38.7 Å². The predicted octanol–water partition coefficient (Wildman–Crippen LogP) is 3.86. The van der Waals surface area contributed by atoms with Gasteiger partial charge in [0.05, 0.1) is 18.8 Å². The summed E-state index contributed by atoms with van der Waals surface area (Å²) in [7, 11) is 0. The Bertz CT molecular complexity index is 590. The van der Waals surface area contributed by atoms with Crippen LogP contribution in [0.4, 0.5) is 0 Å². The number of ether oxygens (including phenoxy) is 2. The summed E-state index contributed by atoms with van der Waals surface area (Å²) >= 11 is 1.68. The number of hydrogen-bond donors (Lipinski definition) is 1. The molecule has 0 saturated carbocycles. The standard InChI is InChI=1S/C19H22O3S/c1-14-19(20)17(21-13-15-8-4-2-5-9-15)12-18(22-14)23-16-10-6-3-7-11-16/h2-11,14,17-20H,12-13H2,1H3/t14-,17-,18-,19+/m0/s1. The van der Waals surface area contributed by atoms with Crippen molar-refractivity contribution in [1.29, 1.82) is 0 Å². The second-order valence-corrected chi connectivity index (χ2v) is 7.00. The van der Waals surface area contributed by atoms with Gasteiger partial charge in [-0.15, -0.1) is 0 Å². The van der Waals surface area contributed by atoms with Crippen molar-refractivity contribution in [2.24, 2.45) is 0 Å². The van der Waals surface area contributed by atoms with Crippen molar-refractivity contribution in [2.45, 2.75) is 48.6 Å². The van der Waals surface area contributed by atoms with Gasteiger partial charge in [-0.25, -0.2) is 0 Å². The maximum atomic E-state index is 10.3. The average Bonchev–Trinajstić information content (AvgIpc) is 2.58. The normalized spacial score (nSPS) is 27.7. The molecule has 0 bridgehead atoms. The lowest BCUT2D eigenvalue weighted by molar-refractivity contribution is -0.160. The Morgan fingerprint density at radius 2 is 1.74 bits per heavy atom. The second-order valence-electron chi connectivity index (χ2n) is 5.76. The first kappa shape index (κ1) is 16.5. The molecule has 2 aromatic rings. The van der Waals surface area contributed by atoms with Crippen molar-refractivity contribution in [2.75, 3.05) is 0 Å². The van der Waals surface area contributed by atoms with Gasteiger partial charge in [0.15, 0.2) is 0 Å². The van der Waals surface area contributed by atoms with Crippen molar-refractivity contribution in [1.82, 2.24) is 0 Å². The summed E-state index contributed by atoms with van der Waals surface area (Å²) in [5.74, 6) is 0.